The minimum Gasteiger partial charge on any atom is -0.303 e. The first-order chi connectivity index (χ1) is 23.6. The third-order valence-corrected chi connectivity index (χ3v) is 10.9. The van der Waals surface area contributed by atoms with Gasteiger partial charge < -0.3 is 4.90 Å². The van der Waals surface area contributed by atoms with Crippen molar-refractivity contribution in [2.75, 3.05) is 19.6 Å². The van der Waals surface area contributed by atoms with Gasteiger partial charge in [0.2, 0.25) is 0 Å². The van der Waals surface area contributed by atoms with Crippen molar-refractivity contribution in [2.45, 2.75) is 252 Å². The Labute approximate surface area is 306 Å². The van der Waals surface area contributed by atoms with Gasteiger partial charge in [0.1, 0.15) is 0 Å². The second-order valence-electron chi connectivity index (χ2n) is 16.1. The minimum atomic E-state index is 0.897. The predicted octanol–water partition coefficient (Wildman–Crippen LogP) is 16.8. The Kier molecular flexibility index (Phi) is 38.8. The van der Waals surface area contributed by atoms with E-state index >= 15 is 0 Å². The smallest absolute Gasteiger partial charge is 0.00187 e. The van der Waals surface area contributed by atoms with Crippen molar-refractivity contribution in [3.05, 3.63) is 24.3 Å². The van der Waals surface area contributed by atoms with Gasteiger partial charge in [0.05, 0.1) is 0 Å². The van der Waals surface area contributed by atoms with Crippen LogP contribution in [0.5, 0.6) is 0 Å². The summed E-state index contributed by atoms with van der Waals surface area (Å²) in [5.74, 6) is 0.897. The van der Waals surface area contributed by atoms with Gasteiger partial charge in [0.15, 0.2) is 0 Å². The van der Waals surface area contributed by atoms with Crippen LogP contribution >= 0.6 is 0 Å². The molecule has 0 aliphatic rings. The molecule has 0 radical (unpaired) electrons. The highest BCUT2D eigenvalue weighted by atomic mass is 15.1. The fraction of sp³-hybridized carbons (Fsp3) is 0.915. The van der Waals surface area contributed by atoms with Gasteiger partial charge in [-0.1, -0.05) is 213 Å². The normalized spacial score (nSPS) is 11.7. The molecule has 0 saturated heterocycles. The lowest BCUT2D eigenvalue weighted by molar-refractivity contribution is 0.261. The van der Waals surface area contributed by atoms with Crippen LogP contribution in [0.25, 0.3) is 0 Å². The summed E-state index contributed by atoms with van der Waals surface area (Å²) in [5.41, 5.74) is 3.07. The molecule has 0 rings (SSSR count). The second-order valence-corrected chi connectivity index (χ2v) is 16.1. The molecule has 0 saturated carbocycles. The van der Waals surface area contributed by atoms with Crippen LogP contribution in [0.3, 0.4) is 0 Å². The van der Waals surface area contributed by atoms with Gasteiger partial charge in [0, 0.05) is 0 Å². The van der Waals surface area contributed by atoms with E-state index in [9.17, 15) is 0 Å². The van der Waals surface area contributed by atoms with Crippen LogP contribution in [0.2, 0.25) is 0 Å². The minimum absolute atomic E-state index is 0.897. The van der Waals surface area contributed by atoms with Crippen molar-refractivity contribution in [2.24, 2.45) is 5.92 Å². The van der Waals surface area contributed by atoms with Crippen molar-refractivity contribution in [3.8, 4) is 0 Å². The van der Waals surface area contributed by atoms with Crippen LogP contribution in [0.15, 0.2) is 24.3 Å². The molecule has 0 aliphatic carbocycles. The molecule has 286 valence electrons. The molecule has 0 aromatic heterocycles. The Hall–Kier alpha value is -0.560. The monoisotopic (exact) mass is 672 g/mol. The van der Waals surface area contributed by atoms with E-state index in [1.807, 2.05) is 0 Å². The van der Waals surface area contributed by atoms with Crippen LogP contribution in [-0.2, 0) is 0 Å². The molecular weight excluding hydrogens is 579 g/mol. The van der Waals surface area contributed by atoms with Crippen molar-refractivity contribution >= 4 is 0 Å². The largest absolute Gasteiger partial charge is 0.303 e. The molecule has 0 amide bonds. The second kappa shape index (κ2) is 39.2. The van der Waals surface area contributed by atoms with Crippen LogP contribution < -0.4 is 0 Å². The molecular formula is C47H93N. The highest BCUT2D eigenvalue weighted by Crippen LogP contribution is 2.27. The number of hydrogen-bond acceptors (Lipinski definition) is 1. The number of hydrogen-bond donors (Lipinski definition) is 0. The summed E-state index contributed by atoms with van der Waals surface area (Å²) in [5, 5.41) is 0. The number of unbranched alkanes of at least 4 members (excludes halogenated alkanes) is 23. The van der Waals surface area contributed by atoms with E-state index in [4.69, 9.17) is 0 Å². The van der Waals surface area contributed by atoms with Gasteiger partial charge in [-0.15, -0.1) is 0 Å². The summed E-state index contributed by atoms with van der Waals surface area (Å²) in [6, 6.07) is 0. The van der Waals surface area contributed by atoms with E-state index in [0.29, 0.717) is 0 Å². The van der Waals surface area contributed by atoms with Gasteiger partial charge in [-0.05, 0) is 89.8 Å². The van der Waals surface area contributed by atoms with E-state index in [2.05, 4.69) is 45.8 Å². The fourth-order valence-electron chi connectivity index (χ4n) is 7.70. The number of rotatable bonds is 41. The quantitative estimate of drug-likeness (QED) is 0.0462. The molecule has 48 heavy (non-hydrogen) atoms. The lowest BCUT2D eigenvalue weighted by Crippen LogP contribution is -2.27. The zero-order chi connectivity index (χ0) is 35.2. The predicted molar refractivity (Wildman–Crippen MR) is 223 cm³/mol. The molecule has 0 aliphatic heterocycles. The molecule has 0 spiro atoms. The van der Waals surface area contributed by atoms with Crippen LogP contribution in [0, 0.1) is 5.92 Å². The maximum absolute atomic E-state index is 4.59. The average Bonchev–Trinajstić information content (AvgIpc) is 3.08. The first kappa shape index (κ1) is 47.4. The molecule has 0 aromatic carbocycles. The third-order valence-electron chi connectivity index (χ3n) is 10.9. The summed E-state index contributed by atoms with van der Waals surface area (Å²) in [6.07, 6.45) is 48.8. The molecule has 1 nitrogen and oxygen atoms in total. The lowest BCUT2D eigenvalue weighted by Gasteiger charge is -2.22. The zero-order valence-electron chi connectivity index (χ0n) is 34.3. The highest BCUT2D eigenvalue weighted by molar-refractivity contribution is 4.96. The van der Waals surface area contributed by atoms with E-state index in [1.165, 1.54) is 250 Å². The summed E-state index contributed by atoms with van der Waals surface area (Å²) < 4.78 is 0. The average molecular weight is 672 g/mol. The Morgan fingerprint density at radius 2 is 0.688 bits per heavy atom. The van der Waals surface area contributed by atoms with Gasteiger partial charge in [0.25, 0.3) is 0 Å². The Morgan fingerprint density at radius 1 is 0.354 bits per heavy atom. The summed E-state index contributed by atoms with van der Waals surface area (Å²) in [4.78, 5) is 2.76. The summed E-state index contributed by atoms with van der Waals surface area (Å²) in [6.45, 7) is 22.2. The zero-order valence-corrected chi connectivity index (χ0v) is 34.3. The van der Waals surface area contributed by atoms with E-state index in [-0.39, 0.29) is 0 Å². The standard InChI is InChI=1S/C47H93N/c1-7-11-14-17-20-21-23-29-36-45(5)37-30-24-22-27-34-42-48(41-10-4)43-35-28-31-38-46(6)44-47(39-32-25-18-15-12-8-2)40-33-26-19-16-13-9-3/h47H,5-44H2,1-4H3. The Balaban J connectivity index is 4.01. The summed E-state index contributed by atoms with van der Waals surface area (Å²) in [7, 11) is 0. The number of nitrogens with zero attached hydrogens (tertiary/aromatic N) is 1. The fourth-order valence-corrected chi connectivity index (χ4v) is 7.70. The van der Waals surface area contributed by atoms with Crippen LogP contribution in [0.4, 0.5) is 0 Å². The van der Waals surface area contributed by atoms with E-state index in [1.54, 1.807) is 5.57 Å². The Morgan fingerprint density at radius 3 is 1.10 bits per heavy atom. The van der Waals surface area contributed by atoms with Crippen molar-refractivity contribution in [3.63, 3.8) is 0 Å². The van der Waals surface area contributed by atoms with Crippen LogP contribution in [0.1, 0.15) is 252 Å². The molecule has 0 atom stereocenters. The van der Waals surface area contributed by atoms with Crippen molar-refractivity contribution < 1.29 is 0 Å². The SMILES string of the molecule is C=C(CCCCCCCCCC)CCCCCCCN(CCC)CCCCCC(=C)CC(CCCCCCCC)CCCCCCCC. The maximum atomic E-state index is 4.59. The maximum Gasteiger partial charge on any atom is -0.00187 e. The van der Waals surface area contributed by atoms with Gasteiger partial charge >= 0.3 is 0 Å². The molecule has 1 heteroatoms. The molecule has 0 unspecified atom stereocenters. The topological polar surface area (TPSA) is 3.24 Å². The number of allylic oxidation sites excluding steroid dienone is 2. The van der Waals surface area contributed by atoms with E-state index in [0.717, 1.165) is 5.92 Å². The van der Waals surface area contributed by atoms with Gasteiger partial charge in [-0.3, -0.25) is 0 Å². The summed E-state index contributed by atoms with van der Waals surface area (Å²) >= 11 is 0. The third kappa shape index (κ3) is 35.3. The van der Waals surface area contributed by atoms with Crippen molar-refractivity contribution in [1.29, 1.82) is 0 Å². The van der Waals surface area contributed by atoms with E-state index < -0.39 is 0 Å². The lowest BCUT2D eigenvalue weighted by atomic mass is 9.87. The molecule has 0 aromatic rings. The van der Waals surface area contributed by atoms with Gasteiger partial charge in [-0.2, -0.15) is 0 Å². The first-order valence-corrected chi connectivity index (χ1v) is 22.6. The van der Waals surface area contributed by atoms with Crippen LogP contribution in [-0.4, -0.2) is 24.5 Å². The first-order valence-electron chi connectivity index (χ1n) is 22.6. The highest BCUT2D eigenvalue weighted by Gasteiger charge is 2.11. The molecule has 0 heterocycles. The Bertz CT molecular complexity index is 633. The molecule has 0 N–H and O–H groups in total. The van der Waals surface area contributed by atoms with Gasteiger partial charge in [-0.25, -0.2) is 0 Å². The van der Waals surface area contributed by atoms with Crippen molar-refractivity contribution in [1.82, 2.24) is 4.90 Å². The molecule has 0 bridgehead atoms. The molecule has 0 fully saturated rings.